The van der Waals surface area contributed by atoms with Gasteiger partial charge < -0.3 is 4.74 Å². The van der Waals surface area contributed by atoms with Gasteiger partial charge in [0.05, 0.1) is 12.7 Å². The first-order valence-electron chi connectivity index (χ1n) is 5.69. The molecule has 2 N–H and O–H groups in total. The number of rotatable bonds is 3. The minimum absolute atomic E-state index is 0.0394. The molecule has 2 heterocycles. The fraction of sp³-hybridized carbons (Fsp3) is 0.364. The summed E-state index contributed by atoms with van der Waals surface area (Å²) in [5.41, 5.74) is 0.242. The molecule has 20 heavy (non-hydrogen) atoms. The number of carbonyl (C=O) groups excluding carboxylic acids is 2. The van der Waals surface area contributed by atoms with Crippen molar-refractivity contribution in [2.45, 2.75) is 11.7 Å². The molecule has 1 fully saturated rings. The van der Waals surface area contributed by atoms with E-state index in [-0.39, 0.29) is 30.3 Å². The molecule has 2 rings (SSSR count). The molecule has 1 aliphatic heterocycles. The Labute approximate surface area is 115 Å². The predicted octanol–water partition coefficient (Wildman–Crippen LogP) is -0.738. The van der Waals surface area contributed by atoms with Crippen molar-refractivity contribution in [1.29, 1.82) is 0 Å². The van der Waals surface area contributed by atoms with Gasteiger partial charge in [0.15, 0.2) is 0 Å². The Balaban J connectivity index is 2.21. The van der Waals surface area contributed by atoms with E-state index < -0.39 is 21.2 Å². The molecule has 1 aromatic rings. The zero-order valence-electron chi connectivity index (χ0n) is 10.6. The number of aromatic nitrogens is 1. The van der Waals surface area contributed by atoms with Gasteiger partial charge in [0, 0.05) is 19.2 Å². The Morgan fingerprint density at radius 1 is 1.50 bits per heavy atom. The van der Waals surface area contributed by atoms with Crippen LogP contribution < -0.4 is 10.0 Å². The largest absolute Gasteiger partial charge is 0.465 e. The second-order valence-corrected chi connectivity index (χ2v) is 6.16. The minimum atomic E-state index is -3.77. The van der Waals surface area contributed by atoms with Gasteiger partial charge in [-0.3, -0.25) is 9.69 Å². The third-order valence-corrected chi connectivity index (χ3v) is 4.24. The molecule has 0 spiro atoms. The molecule has 1 atom stereocenters. The summed E-state index contributed by atoms with van der Waals surface area (Å²) in [6.07, 6.45) is 1.10. The van der Waals surface area contributed by atoms with Crippen LogP contribution in [0.3, 0.4) is 0 Å². The van der Waals surface area contributed by atoms with Crippen LogP contribution in [0.2, 0.25) is 0 Å². The van der Waals surface area contributed by atoms with Crippen LogP contribution in [0.15, 0.2) is 18.3 Å². The zero-order chi connectivity index (χ0) is 14.9. The fourth-order valence-corrected chi connectivity index (χ4v) is 2.63. The Kier molecular flexibility index (Phi) is 3.73. The summed E-state index contributed by atoms with van der Waals surface area (Å²) in [4.78, 5) is 28.2. The lowest BCUT2D eigenvalue weighted by Gasteiger charge is -2.15. The lowest BCUT2D eigenvalue weighted by Crippen LogP contribution is -2.32. The molecule has 108 valence electrons. The molecule has 1 amide bonds. The zero-order valence-corrected chi connectivity index (χ0v) is 11.5. The molecule has 1 unspecified atom stereocenters. The second kappa shape index (κ2) is 5.17. The number of nitrogens with two attached hydrogens (primary N) is 1. The number of sulfonamides is 1. The number of hydrogen-bond donors (Lipinski definition) is 1. The summed E-state index contributed by atoms with van der Waals surface area (Å²) in [5, 5.41) is 4.10. The average Bonchev–Trinajstić information content (AvgIpc) is 2.80. The van der Waals surface area contributed by atoms with Crippen molar-refractivity contribution in [2.24, 2.45) is 5.14 Å². The topological polar surface area (TPSA) is 120 Å². The number of hydrogen-bond acceptors (Lipinski definition) is 6. The van der Waals surface area contributed by atoms with Gasteiger partial charge in [-0.05, 0) is 12.1 Å². The summed E-state index contributed by atoms with van der Waals surface area (Å²) in [6.45, 7) is -0.0394. The van der Waals surface area contributed by atoms with Gasteiger partial charge in [-0.1, -0.05) is 0 Å². The van der Waals surface area contributed by atoms with Gasteiger partial charge in [-0.25, -0.2) is 23.3 Å². The SMILES string of the molecule is COC(=O)c1ccc(N2CC(S(N)(=O)=O)CC2=O)nc1. The van der Waals surface area contributed by atoms with E-state index in [0.717, 1.165) is 0 Å². The van der Waals surface area contributed by atoms with Crippen LogP contribution in [-0.2, 0) is 19.6 Å². The summed E-state index contributed by atoms with van der Waals surface area (Å²) in [6, 6.07) is 2.90. The van der Waals surface area contributed by atoms with Gasteiger partial charge in [-0.15, -0.1) is 0 Å². The molecular weight excluding hydrogens is 286 g/mol. The normalized spacial score (nSPS) is 19.2. The van der Waals surface area contributed by atoms with Crippen molar-refractivity contribution >= 4 is 27.7 Å². The van der Waals surface area contributed by atoms with Crippen LogP contribution in [0.1, 0.15) is 16.8 Å². The van der Waals surface area contributed by atoms with Crippen molar-refractivity contribution in [3.63, 3.8) is 0 Å². The summed E-state index contributed by atoms with van der Waals surface area (Å²) in [7, 11) is -2.52. The van der Waals surface area contributed by atoms with Gasteiger partial charge >= 0.3 is 5.97 Å². The smallest absolute Gasteiger partial charge is 0.339 e. The van der Waals surface area contributed by atoms with Crippen molar-refractivity contribution in [3.8, 4) is 0 Å². The monoisotopic (exact) mass is 299 g/mol. The Bertz CT molecular complexity index is 641. The molecule has 8 nitrogen and oxygen atoms in total. The number of anilines is 1. The summed E-state index contributed by atoms with van der Waals surface area (Å²) >= 11 is 0. The van der Waals surface area contributed by atoms with Gasteiger partial charge in [0.25, 0.3) is 0 Å². The van der Waals surface area contributed by atoms with E-state index in [9.17, 15) is 18.0 Å². The van der Waals surface area contributed by atoms with Crippen LogP contribution in [0.5, 0.6) is 0 Å². The van der Waals surface area contributed by atoms with Crippen LogP contribution in [0.25, 0.3) is 0 Å². The average molecular weight is 299 g/mol. The van der Waals surface area contributed by atoms with Crippen molar-refractivity contribution in [2.75, 3.05) is 18.6 Å². The lowest BCUT2D eigenvalue weighted by atomic mass is 10.3. The van der Waals surface area contributed by atoms with Crippen LogP contribution in [0.4, 0.5) is 5.82 Å². The van der Waals surface area contributed by atoms with E-state index in [0.29, 0.717) is 0 Å². The van der Waals surface area contributed by atoms with Crippen LogP contribution in [-0.4, -0.2) is 44.2 Å². The molecule has 1 aromatic heterocycles. The highest BCUT2D eigenvalue weighted by Crippen LogP contribution is 2.22. The number of ether oxygens (including phenoxy) is 1. The quantitative estimate of drug-likeness (QED) is 0.734. The van der Waals surface area contributed by atoms with Crippen molar-refractivity contribution in [3.05, 3.63) is 23.9 Å². The van der Waals surface area contributed by atoms with Crippen molar-refractivity contribution in [1.82, 2.24) is 4.98 Å². The Morgan fingerprint density at radius 3 is 2.65 bits per heavy atom. The first-order valence-corrected chi connectivity index (χ1v) is 7.30. The Morgan fingerprint density at radius 2 is 2.20 bits per heavy atom. The first kappa shape index (κ1) is 14.4. The number of amides is 1. The van der Waals surface area contributed by atoms with Crippen LogP contribution >= 0.6 is 0 Å². The van der Waals surface area contributed by atoms with E-state index >= 15 is 0 Å². The highest BCUT2D eigenvalue weighted by atomic mass is 32.2. The number of primary sulfonamides is 1. The molecule has 9 heteroatoms. The molecule has 0 saturated carbocycles. The molecule has 0 bridgehead atoms. The maximum Gasteiger partial charge on any atom is 0.339 e. The number of carbonyl (C=O) groups is 2. The fourth-order valence-electron chi connectivity index (χ4n) is 1.90. The molecule has 0 aromatic carbocycles. The lowest BCUT2D eigenvalue weighted by molar-refractivity contribution is -0.117. The molecule has 1 aliphatic rings. The maximum absolute atomic E-state index is 11.8. The van der Waals surface area contributed by atoms with Crippen molar-refractivity contribution < 1.29 is 22.7 Å². The summed E-state index contributed by atoms with van der Waals surface area (Å²) in [5.74, 6) is -0.643. The molecule has 1 saturated heterocycles. The highest BCUT2D eigenvalue weighted by molar-refractivity contribution is 7.89. The number of pyridine rings is 1. The van der Waals surface area contributed by atoms with E-state index in [1.807, 2.05) is 0 Å². The third kappa shape index (κ3) is 2.78. The predicted molar refractivity (Wildman–Crippen MR) is 69.4 cm³/mol. The van der Waals surface area contributed by atoms with Crippen LogP contribution in [0, 0.1) is 0 Å². The maximum atomic E-state index is 11.8. The standard InChI is InChI=1S/C11H13N3O5S/c1-19-11(16)7-2-3-9(13-5-7)14-6-8(4-10(14)15)20(12,17)18/h2-3,5,8H,4,6H2,1H3,(H2,12,17,18). The third-order valence-electron chi connectivity index (χ3n) is 3.00. The second-order valence-electron chi connectivity index (χ2n) is 4.32. The van der Waals surface area contributed by atoms with E-state index in [2.05, 4.69) is 9.72 Å². The van der Waals surface area contributed by atoms with Gasteiger partial charge in [0.1, 0.15) is 11.1 Å². The van der Waals surface area contributed by atoms with Gasteiger partial charge in [0.2, 0.25) is 15.9 Å². The molecule has 0 radical (unpaired) electrons. The minimum Gasteiger partial charge on any atom is -0.465 e. The number of esters is 1. The van der Waals surface area contributed by atoms with Gasteiger partial charge in [-0.2, -0.15) is 0 Å². The molecule has 0 aliphatic carbocycles. The highest BCUT2D eigenvalue weighted by Gasteiger charge is 2.37. The Hall–Kier alpha value is -2.00. The van der Waals surface area contributed by atoms with E-state index in [1.54, 1.807) is 0 Å². The van der Waals surface area contributed by atoms with E-state index in [1.165, 1.54) is 30.3 Å². The number of nitrogens with zero attached hydrogens (tertiary/aromatic N) is 2. The number of methoxy groups -OCH3 is 1. The summed E-state index contributed by atoms with van der Waals surface area (Å²) < 4.78 is 27.0. The van der Waals surface area contributed by atoms with E-state index in [4.69, 9.17) is 5.14 Å². The molecular formula is C11H13N3O5S. The first-order chi connectivity index (χ1) is 9.32.